The van der Waals surface area contributed by atoms with Crippen molar-refractivity contribution in [2.24, 2.45) is 40.9 Å². The Bertz CT molecular complexity index is 796. The second kappa shape index (κ2) is 6.54. The highest BCUT2D eigenvalue weighted by Crippen LogP contribution is 2.70. The molecule has 4 fully saturated rings. The lowest BCUT2D eigenvalue weighted by molar-refractivity contribution is -0.167. The molecule has 1 heterocycles. The largest absolute Gasteiger partial charge is 0.451 e. The van der Waals surface area contributed by atoms with Crippen molar-refractivity contribution in [3.05, 3.63) is 23.8 Å². The zero-order chi connectivity index (χ0) is 19.1. The van der Waals surface area contributed by atoms with E-state index < -0.39 is 0 Å². The summed E-state index contributed by atoms with van der Waals surface area (Å²) in [5, 5.41) is 8.21. The minimum absolute atomic E-state index is 0. The summed E-state index contributed by atoms with van der Waals surface area (Å²) < 4.78 is 6.10. The van der Waals surface area contributed by atoms with Crippen molar-refractivity contribution >= 4 is 11.7 Å². The third kappa shape index (κ3) is 2.54. The van der Waals surface area contributed by atoms with Crippen molar-refractivity contribution in [1.29, 1.82) is 5.41 Å². The Morgan fingerprint density at radius 2 is 1.97 bits per heavy atom. The van der Waals surface area contributed by atoms with Gasteiger partial charge in [-0.15, -0.1) is 0 Å². The normalized spacial score (nSPS) is 47.8. The van der Waals surface area contributed by atoms with Crippen LogP contribution in [0.25, 0.3) is 0 Å². The molecule has 0 aromatic carbocycles. The summed E-state index contributed by atoms with van der Waals surface area (Å²) in [6.45, 7) is 2.35. The van der Waals surface area contributed by atoms with Crippen LogP contribution in [0, 0.1) is 46.3 Å². The Balaban J connectivity index is 0.00000181. The Morgan fingerprint density at radius 1 is 1.14 bits per heavy atom. The zero-order valence-corrected chi connectivity index (χ0v) is 17.6. The Kier molecular flexibility index (Phi) is 4.40. The van der Waals surface area contributed by atoms with Gasteiger partial charge in [-0.25, -0.2) is 4.79 Å². The van der Waals surface area contributed by atoms with Crippen LogP contribution in [0.1, 0.15) is 71.1 Å². The number of hydrogen-bond acceptors (Lipinski definition) is 3. The van der Waals surface area contributed by atoms with Crippen LogP contribution in [0.5, 0.6) is 0 Å². The molecule has 1 aliphatic heterocycles. The van der Waals surface area contributed by atoms with Gasteiger partial charge in [-0.05, 0) is 112 Å². The molecule has 0 aromatic heterocycles. The molecule has 5 aliphatic carbocycles. The molecule has 6 rings (SSSR count). The number of hydrogen-bond donors (Lipinski definition) is 1. The van der Waals surface area contributed by atoms with Crippen LogP contribution < -0.4 is 0 Å². The highest BCUT2D eigenvalue weighted by Gasteiger charge is 2.67. The number of carbonyl (C=O) groups excluding carboxylic acids is 1. The third-order valence-electron chi connectivity index (χ3n) is 9.94. The fraction of sp³-hybridized carbons (Fsp3) is 0.760. The molecule has 29 heavy (non-hydrogen) atoms. The Morgan fingerprint density at radius 3 is 2.66 bits per heavy atom. The van der Waals surface area contributed by atoms with E-state index in [1.807, 2.05) is 0 Å². The number of carbonyl (C=O) groups is 1. The van der Waals surface area contributed by atoms with Crippen molar-refractivity contribution in [2.75, 3.05) is 0 Å². The molecule has 4 unspecified atom stereocenters. The molecule has 158 valence electrons. The second-order valence-electron chi connectivity index (χ2n) is 10.7. The summed E-state index contributed by atoms with van der Waals surface area (Å²) in [4.78, 5) is 12.1. The van der Waals surface area contributed by atoms with E-state index in [9.17, 15) is 4.79 Å². The lowest BCUT2D eigenvalue weighted by atomic mass is 9.46. The first-order valence-electron chi connectivity index (χ1n) is 11.8. The highest BCUT2D eigenvalue weighted by molar-refractivity contribution is 5.93. The smallest absolute Gasteiger partial charge is 0.331 e. The van der Waals surface area contributed by atoms with Crippen LogP contribution in [0.2, 0.25) is 0 Å². The van der Waals surface area contributed by atoms with Gasteiger partial charge in [-0.1, -0.05) is 12.5 Å². The Labute approximate surface area is 174 Å². The SMILES string of the molecule is CC[C@]12CCC3C(C(C4CC4)CC4=CC(=N)CC[C@@H]43)C1CC[C@@]21C=CC(=O)O1.O. The number of ether oxygens (including phenoxy) is 1. The average molecular weight is 398 g/mol. The highest BCUT2D eigenvalue weighted by atomic mass is 16.6. The molecule has 6 aliphatic rings. The topological polar surface area (TPSA) is 81.7 Å². The molecule has 0 aromatic rings. The van der Waals surface area contributed by atoms with Crippen LogP contribution in [0.4, 0.5) is 0 Å². The van der Waals surface area contributed by atoms with E-state index in [0.29, 0.717) is 5.92 Å². The Hall–Kier alpha value is -1.42. The molecule has 1 spiro atoms. The maximum absolute atomic E-state index is 12.1. The van der Waals surface area contributed by atoms with Crippen molar-refractivity contribution in [2.45, 2.75) is 76.7 Å². The molecule has 4 heteroatoms. The first kappa shape index (κ1) is 19.5. The van der Waals surface area contributed by atoms with Crippen molar-refractivity contribution in [3.63, 3.8) is 0 Å². The van der Waals surface area contributed by atoms with Gasteiger partial charge in [-0.3, -0.25) is 0 Å². The van der Waals surface area contributed by atoms with Crippen molar-refractivity contribution < 1.29 is 15.0 Å². The summed E-state index contributed by atoms with van der Waals surface area (Å²) in [6, 6.07) is 0. The van der Waals surface area contributed by atoms with E-state index >= 15 is 0 Å². The number of esters is 1. The average Bonchev–Trinajstić information content (AvgIpc) is 3.40. The van der Waals surface area contributed by atoms with Crippen LogP contribution in [-0.4, -0.2) is 22.8 Å². The van der Waals surface area contributed by atoms with E-state index in [1.165, 1.54) is 44.9 Å². The van der Waals surface area contributed by atoms with Gasteiger partial charge < -0.3 is 15.6 Å². The molecule has 0 saturated heterocycles. The van der Waals surface area contributed by atoms with Gasteiger partial charge in [0.05, 0.1) is 0 Å². The second-order valence-corrected chi connectivity index (χ2v) is 10.7. The molecular weight excluding hydrogens is 362 g/mol. The van der Waals surface area contributed by atoms with Gasteiger partial charge in [0.15, 0.2) is 0 Å². The fourth-order valence-corrected chi connectivity index (χ4v) is 8.77. The van der Waals surface area contributed by atoms with Crippen molar-refractivity contribution in [3.8, 4) is 0 Å². The van der Waals surface area contributed by atoms with E-state index in [0.717, 1.165) is 54.6 Å². The maximum atomic E-state index is 12.1. The molecule has 0 bridgehead atoms. The number of fused-ring (bicyclic) bond motifs is 6. The van der Waals surface area contributed by atoms with Gasteiger partial charge >= 0.3 is 5.97 Å². The molecule has 7 atom stereocenters. The molecule has 3 N–H and O–H groups in total. The molecular formula is C25H35NO3. The van der Waals surface area contributed by atoms with Gasteiger partial charge in [0.1, 0.15) is 5.60 Å². The van der Waals surface area contributed by atoms with E-state index in [4.69, 9.17) is 10.1 Å². The van der Waals surface area contributed by atoms with E-state index in [-0.39, 0.29) is 22.5 Å². The quantitative estimate of drug-likeness (QED) is 0.689. The van der Waals surface area contributed by atoms with Gasteiger partial charge in [0.25, 0.3) is 0 Å². The number of nitrogens with one attached hydrogen (secondary N) is 1. The van der Waals surface area contributed by atoms with Crippen molar-refractivity contribution in [1.82, 2.24) is 0 Å². The van der Waals surface area contributed by atoms with E-state index in [2.05, 4.69) is 19.1 Å². The lowest BCUT2D eigenvalue weighted by Gasteiger charge is -2.59. The van der Waals surface area contributed by atoms with Crippen LogP contribution in [0.3, 0.4) is 0 Å². The first-order chi connectivity index (χ1) is 13.6. The minimum Gasteiger partial charge on any atom is -0.451 e. The molecule has 4 nitrogen and oxygen atoms in total. The van der Waals surface area contributed by atoms with Gasteiger partial charge in [0, 0.05) is 17.2 Å². The predicted molar refractivity (Wildman–Crippen MR) is 113 cm³/mol. The fourth-order valence-electron chi connectivity index (χ4n) is 8.77. The minimum atomic E-state index is -0.312. The molecule has 0 amide bonds. The number of allylic oxidation sites excluding steroid dienone is 2. The third-order valence-corrected chi connectivity index (χ3v) is 9.94. The summed E-state index contributed by atoms with van der Waals surface area (Å²) in [6.07, 6.45) is 18.3. The van der Waals surface area contributed by atoms with Crippen LogP contribution >= 0.6 is 0 Å². The summed E-state index contributed by atoms with van der Waals surface area (Å²) in [5.74, 6) is 4.65. The van der Waals surface area contributed by atoms with Gasteiger partial charge in [0.2, 0.25) is 0 Å². The van der Waals surface area contributed by atoms with Crippen LogP contribution in [0.15, 0.2) is 23.8 Å². The standard InChI is InChI=1S/C25H33NO2.H2O/c1-2-24-10-7-19-18-6-5-17(26)13-16(18)14-20(15-3-4-15)23(19)21(24)8-11-25(24)12-9-22(27)28-25;/h9,12-13,15,18-21,23,26H,2-8,10-11,14H2,1H3;1H2/t18-,19?,20?,21?,23?,24-,25+;/m0./s1. The zero-order valence-electron chi connectivity index (χ0n) is 17.6. The molecule has 4 saturated carbocycles. The monoisotopic (exact) mass is 397 g/mol. The summed E-state index contributed by atoms with van der Waals surface area (Å²) in [5.41, 5.74) is 2.33. The van der Waals surface area contributed by atoms with Crippen LogP contribution in [-0.2, 0) is 9.53 Å². The predicted octanol–water partition coefficient (Wildman–Crippen LogP) is 4.63. The molecule has 0 radical (unpaired) electrons. The van der Waals surface area contributed by atoms with E-state index in [1.54, 1.807) is 11.6 Å². The number of rotatable bonds is 2. The van der Waals surface area contributed by atoms with Gasteiger partial charge in [-0.2, -0.15) is 0 Å². The first-order valence-corrected chi connectivity index (χ1v) is 11.8. The maximum Gasteiger partial charge on any atom is 0.331 e. The lowest BCUT2D eigenvalue weighted by Crippen LogP contribution is -2.55. The summed E-state index contributed by atoms with van der Waals surface area (Å²) in [7, 11) is 0. The summed E-state index contributed by atoms with van der Waals surface area (Å²) >= 11 is 0.